The predicted octanol–water partition coefficient (Wildman–Crippen LogP) is 4.10. The Kier molecular flexibility index (Phi) is 5.09. The topological polar surface area (TPSA) is 20.3 Å². The Morgan fingerprint density at radius 3 is 2.24 bits per heavy atom. The molecule has 2 aromatic rings. The van der Waals surface area contributed by atoms with Crippen LogP contribution in [0.4, 0.5) is 10.1 Å². The minimum Gasteiger partial charge on any atom is -0.367 e. The summed E-state index contributed by atoms with van der Waals surface area (Å²) in [5.74, 6) is -0.213. The summed E-state index contributed by atoms with van der Waals surface area (Å²) in [7, 11) is 1.83. The number of halogens is 1. The third-order valence-corrected chi connectivity index (χ3v) is 3.46. The number of anilines is 1. The first kappa shape index (κ1) is 15.2. The first-order valence-electron chi connectivity index (χ1n) is 7.19. The monoisotopic (exact) mass is 285 g/mol. The van der Waals surface area contributed by atoms with Gasteiger partial charge in [-0.3, -0.25) is 4.79 Å². The van der Waals surface area contributed by atoms with Crippen molar-refractivity contribution in [1.29, 1.82) is 0 Å². The van der Waals surface area contributed by atoms with E-state index >= 15 is 0 Å². The Morgan fingerprint density at radius 2 is 1.67 bits per heavy atom. The summed E-state index contributed by atoms with van der Waals surface area (Å²) < 4.78 is 12.9. The summed E-state index contributed by atoms with van der Waals surface area (Å²) in [6, 6.07) is 13.9. The molecule has 0 aliphatic carbocycles. The molecule has 0 amide bonds. The molecule has 0 saturated carbocycles. The number of benzene rings is 2. The number of likely N-dealkylation sites (N-methyl/N-ethyl adjacent to an activating group) is 1. The SMILES string of the molecule is CCCc1ccc(C(=O)CN(C)c2ccc(F)cc2)cc1. The van der Waals surface area contributed by atoms with Crippen LogP contribution in [0, 0.1) is 5.82 Å². The second-order valence-corrected chi connectivity index (χ2v) is 5.20. The van der Waals surface area contributed by atoms with Gasteiger partial charge in [0.05, 0.1) is 6.54 Å². The summed E-state index contributed by atoms with van der Waals surface area (Å²) >= 11 is 0. The number of rotatable bonds is 6. The molecule has 0 aromatic heterocycles. The van der Waals surface area contributed by atoms with Gasteiger partial charge in [0, 0.05) is 18.3 Å². The Bertz CT molecular complexity index is 590. The summed E-state index contributed by atoms with van der Waals surface area (Å²) in [6.45, 7) is 2.41. The molecule has 0 fully saturated rings. The van der Waals surface area contributed by atoms with E-state index < -0.39 is 0 Å². The fourth-order valence-electron chi connectivity index (χ4n) is 2.24. The number of Topliss-reactive ketones (excluding diaryl/α,β-unsaturated/α-hetero) is 1. The van der Waals surface area contributed by atoms with Crippen molar-refractivity contribution in [3.05, 3.63) is 65.5 Å². The number of carbonyl (C=O) groups is 1. The fraction of sp³-hybridized carbons (Fsp3) is 0.278. The van der Waals surface area contributed by atoms with Gasteiger partial charge < -0.3 is 4.90 Å². The van der Waals surface area contributed by atoms with Gasteiger partial charge in [-0.25, -0.2) is 4.39 Å². The fourth-order valence-corrected chi connectivity index (χ4v) is 2.24. The maximum atomic E-state index is 12.9. The van der Waals surface area contributed by atoms with E-state index in [0.29, 0.717) is 5.56 Å². The van der Waals surface area contributed by atoms with E-state index in [1.807, 2.05) is 36.2 Å². The van der Waals surface area contributed by atoms with Gasteiger partial charge in [0.1, 0.15) is 5.82 Å². The van der Waals surface area contributed by atoms with Gasteiger partial charge in [-0.1, -0.05) is 37.6 Å². The lowest BCUT2D eigenvalue weighted by Crippen LogP contribution is -2.25. The Balaban J connectivity index is 2.01. The highest BCUT2D eigenvalue weighted by Crippen LogP contribution is 2.14. The van der Waals surface area contributed by atoms with Crippen molar-refractivity contribution in [2.45, 2.75) is 19.8 Å². The number of carbonyl (C=O) groups excluding carboxylic acids is 1. The Hall–Kier alpha value is -2.16. The summed E-state index contributed by atoms with van der Waals surface area (Å²) in [6.07, 6.45) is 2.13. The second-order valence-electron chi connectivity index (χ2n) is 5.20. The molecular weight excluding hydrogens is 265 g/mol. The van der Waals surface area contributed by atoms with Gasteiger partial charge in [-0.05, 0) is 36.2 Å². The molecule has 0 aliphatic heterocycles. The molecule has 0 unspecified atom stereocenters. The zero-order chi connectivity index (χ0) is 15.2. The molecular formula is C18H20FNO. The van der Waals surface area contributed by atoms with Crippen LogP contribution in [0.2, 0.25) is 0 Å². The molecule has 0 spiro atoms. The third-order valence-electron chi connectivity index (χ3n) is 3.46. The van der Waals surface area contributed by atoms with Crippen molar-refractivity contribution in [1.82, 2.24) is 0 Å². The van der Waals surface area contributed by atoms with Crippen LogP contribution in [-0.2, 0) is 6.42 Å². The van der Waals surface area contributed by atoms with Crippen LogP contribution in [0.5, 0.6) is 0 Å². The Morgan fingerprint density at radius 1 is 1.05 bits per heavy atom. The molecule has 2 nitrogen and oxygen atoms in total. The van der Waals surface area contributed by atoms with Gasteiger partial charge >= 0.3 is 0 Å². The molecule has 0 bridgehead atoms. The van der Waals surface area contributed by atoms with E-state index in [1.165, 1.54) is 17.7 Å². The van der Waals surface area contributed by atoms with Crippen LogP contribution in [0.25, 0.3) is 0 Å². The molecule has 2 rings (SSSR count). The van der Waals surface area contributed by atoms with Crippen LogP contribution in [0.3, 0.4) is 0 Å². The molecule has 0 aliphatic rings. The van der Waals surface area contributed by atoms with Crippen LogP contribution in [0.1, 0.15) is 29.3 Å². The predicted molar refractivity (Wildman–Crippen MR) is 84.4 cm³/mol. The summed E-state index contributed by atoms with van der Waals surface area (Å²) in [5, 5.41) is 0. The van der Waals surface area contributed by atoms with Gasteiger partial charge in [0.15, 0.2) is 5.78 Å². The van der Waals surface area contributed by atoms with Gasteiger partial charge in [0.25, 0.3) is 0 Å². The molecule has 0 N–H and O–H groups in total. The lowest BCUT2D eigenvalue weighted by molar-refractivity contribution is 0.100. The maximum absolute atomic E-state index is 12.9. The van der Waals surface area contributed by atoms with Crippen molar-refractivity contribution in [3.63, 3.8) is 0 Å². The average Bonchev–Trinajstić information content (AvgIpc) is 2.49. The van der Waals surface area contributed by atoms with Crippen LogP contribution in [0.15, 0.2) is 48.5 Å². The van der Waals surface area contributed by atoms with Crippen molar-refractivity contribution < 1.29 is 9.18 Å². The van der Waals surface area contributed by atoms with Crippen molar-refractivity contribution in [2.24, 2.45) is 0 Å². The van der Waals surface area contributed by atoms with Gasteiger partial charge in [-0.2, -0.15) is 0 Å². The number of ketones is 1. The van der Waals surface area contributed by atoms with E-state index in [9.17, 15) is 9.18 Å². The highest BCUT2D eigenvalue weighted by molar-refractivity contribution is 5.99. The highest BCUT2D eigenvalue weighted by atomic mass is 19.1. The molecule has 0 radical (unpaired) electrons. The van der Waals surface area contributed by atoms with Gasteiger partial charge in [-0.15, -0.1) is 0 Å². The smallest absolute Gasteiger partial charge is 0.182 e. The molecule has 110 valence electrons. The number of nitrogens with zero attached hydrogens (tertiary/aromatic N) is 1. The van der Waals surface area contributed by atoms with E-state index in [-0.39, 0.29) is 18.1 Å². The molecule has 0 atom stereocenters. The molecule has 2 aromatic carbocycles. The maximum Gasteiger partial charge on any atom is 0.182 e. The lowest BCUT2D eigenvalue weighted by Gasteiger charge is -2.18. The first-order valence-corrected chi connectivity index (χ1v) is 7.19. The molecule has 3 heteroatoms. The second kappa shape index (κ2) is 7.02. The minimum absolute atomic E-state index is 0.0601. The van der Waals surface area contributed by atoms with E-state index in [4.69, 9.17) is 0 Å². The molecule has 0 saturated heterocycles. The zero-order valence-electron chi connectivity index (χ0n) is 12.5. The minimum atomic E-state index is -0.273. The lowest BCUT2D eigenvalue weighted by atomic mass is 10.1. The molecule has 0 heterocycles. The van der Waals surface area contributed by atoms with E-state index in [1.54, 1.807) is 12.1 Å². The summed E-state index contributed by atoms with van der Waals surface area (Å²) in [4.78, 5) is 14.1. The van der Waals surface area contributed by atoms with Crippen molar-refractivity contribution in [3.8, 4) is 0 Å². The number of aryl methyl sites for hydroxylation is 1. The summed E-state index contributed by atoms with van der Waals surface area (Å²) in [5.41, 5.74) is 2.79. The third kappa shape index (κ3) is 4.15. The van der Waals surface area contributed by atoms with Crippen molar-refractivity contribution in [2.75, 3.05) is 18.5 Å². The first-order chi connectivity index (χ1) is 10.1. The van der Waals surface area contributed by atoms with Crippen LogP contribution in [-0.4, -0.2) is 19.4 Å². The quantitative estimate of drug-likeness (QED) is 0.745. The van der Waals surface area contributed by atoms with Crippen LogP contribution >= 0.6 is 0 Å². The largest absolute Gasteiger partial charge is 0.367 e. The van der Waals surface area contributed by atoms with Crippen molar-refractivity contribution >= 4 is 11.5 Å². The Labute approximate surface area is 125 Å². The van der Waals surface area contributed by atoms with E-state index in [2.05, 4.69) is 6.92 Å². The van der Waals surface area contributed by atoms with E-state index in [0.717, 1.165) is 18.5 Å². The number of hydrogen-bond donors (Lipinski definition) is 0. The standard InChI is InChI=1S/C18H20FNO/c1-3-4-14-5-7-15(8-6-14)18(21)13-20(2)17-11-9-16(19)10-12-17/h5-12H,3-4,13H2,1-2H3. The normalized spacial score (nSPS) is 10.4. The number of hydrogen-bond acceptors (Lipinski definition) is 2. The van der Waals surface area contributed by atoms with Crippen LogP contribution < -0.4 is 4.90 Å². The molecule has 21 heavy (non-hydrogen) atoms. The average molecular weight is 285 g/mol. The zero-order valence-corrected chi connectivity index (χ0v) is 12.5. The highest BCUT2D eigenvalue weighted by Gasteiger charge is 2.10. The van der Waals surface area contributed by atoms with Gasteiger partial charge in [0.2, 0.25) is 0 Å².